The fourth-order valence-electron chi connectivity index (χ4n) is 3.80. The average Bonchev–Trinajstić information content (AvgIpc) is 2.87. The molecule has 0 saturated carbocycles. The van der Waals surface area contributed by atoms with Crippen LogP contribution >= 0.6 is 12.2 Å². The summed E-state index contributed by atoms with van der Waals surface area (Å²) < 4.78 is 27.0. The number of Topliss-reactive ketones (excluding diaryl/α,β-unsaturated/α-hetero) is 1. The number of piperidine rings is 1. The zero-order valence-corrected chi connectivity index (χ0v) is 20.9. The summed E-state index contributed by atoms with van der Waals surface area (Å²) in [6.45, 7) is 1.84. The van der Waals surface area contributed by atoms with E-state index in [0.29, 0.717) is 11.3 Å². The van der Waals surface area contributed by atoms with Gasteiger partial charge in [-0.1, -0.05) is 30.3 Å². The van der Waals surface area contributed by atoms with Crippen LogP contribution in [0.2, 0.25) is 0 Å². The Morgan fingerprint density at radius 3 is 2.30 bits per heavy atom. The highest BCUT2D eigenvalue weighted by atomic mass is 32.1. The maximum Gasteiger partial charge on any atom is 0.339 e. The number of carboxylic acid groups (broad SMARTS) is 1. The standard InChI is InChI=1S/C20H21F2N3OS.C7H6O3/c1-25-10-8-13(9-11-25)19(26)14-4-2-5-15(12-14)23-20(27)24-17-7-3-6-16(21)18(17)22;8-6-4-2-1-3-5(6)7(9)10/h2-7,12-13H,8-11H2,1H3,(H2,23,24,27);1-4,8H,(H,9,10). The van der Waals surface area contributed by atoms with Crippen LogP contribution in [0.1, 0.15) is 33.6 Å². The lowest BCUT2D eigenvalue weighted by atomic mass is 9.89. The third-order valence-electron chi connectivity index (χ3n) is 5.83. The highest BCUT2D eigenvalue weighted by molar-refractivity contribution is 7.80. The zero-order chi connectivity index (χ0) is 26.9. The van der Waals surface area contributed by atoms with E-state index >= 15 is 0 Å². The molecular weight excluding hydrogens is 500 g/mol. The molecule has 4 rings (SSSR count). The number of halogens is 2. The molecule has 0 bridgehead atoms. The van der Waals surface area contributed by atoms with Gasteiger partial charge in [-0.2, -0.15) is 0 Å². The van der Waals surface area contributed by atoms with Gasteiger partial charge in [0.2, 0.25) is 0 Å². The molecule has 0 spiro atoms. The van der Waals surface area contributed by atoms with Crippen molar-refractivity contribution in [3.8, 4) is 5.75 Å². The molecule has 3 aromatic carbocycles. The van der Waals surface area contributed by atoms with Crippen LogP contribution in [0, 0.1) is 17.6 Å². The van der Waals surface area contributed by atoms with Crippen LogP contribution in [0.4, 0.5) is 20.2 Å². The van der Waals surface area contributed by atoms with Crippen molar-refractivity contribution in [3.05, 3.63) is 89.5 Å². The maximum absolute atomic E-state index is 13.7. The number of thiocarbonyl (C=S) groups is 1. The number of rotatable bonds is 5. The molecule has 194 valence electrons. The first-order valence-corrected chi connectivity index (χ1v) is 11.9. The highest BCUT2D eigenvalue weighted by Crippen LogP contribution is 2.23. The molecular formula is C27H27F2N3O4S. The van der Waals surface area contributed by atoms with E-state index in [1.54, 1.807) is 36.4 Å². The van der Waals surface area contributed by atoms with Crippen LogP contribution in [0.5, 0.6) is 5.75 Å². The van der Waals surface area contributed by atoms with Crippen molar-refractivity contribution < 1.29 is 28.6 Å². The number of hydrogen-bond donors (Lipinski definition) is 4. The molecule has 1 heterocycles. The number of likely N-dealkylation sites (tertiary alicyclic amines) is 1. The van der Waals surface area contributed by atoms with E-state index in [9.17, 15) is 18.4 Å². The number of carbonyl (C=O) groups excluding carboxylic acids is 1. The summed E-state index contributed by atoms with van der Waals surface area (Å²) in [4.78, 5) is 25.2. The zero-order valence-electron chi connectivity index (χ0n) is 20.1. The SMILES string of the molecule is CN1CCC(C(=O)c2cccc(NC(=S)Nc3cccc(F)c3F)c2)CC1.O=C(O)c1ccccc1O. The van der Waals surface area contributed by atoms with Crippen LogP contribution in [-0.2, 0) is 0 Å². The fourth-order valence-corrected chi connectivity index (χ4v) is 4.02. The number of ketones is 1. The first-order valence-electron chi connectivity index (χ1n) is 11.5. The second kappa shape index (κ2) is 12.9. The molecule has 0 unspecified atom stereocenters. The number of anilines is 2. The first-order chi connectivity index (χ1) is 17.7. The lowest BCUT2D eigenvalue weighted by molar-refractivity contribution is 0.0693. The number of carbonyl (C=O) groups is 2. The Bertz CT molecular complexity index is 1280. The third kappa shape index (κ3) is 7.80. The van der Waals surface area contributed by atoms with Gasteiger partial charge in [0.05, 0.1) is 5.69 Å². The Labute approximate surface area is 218 Å². The number of carboxylic acids is 1. The van der Waals surface area contributed by atoms with E-state index in [2.05, 4.69) is 22.6 Å². The van der Waals surface area contributed by atoms with Gasteiger partial charge in [-0.3, -0.25) is 4.79 Å². The summed E-state index contributed by atoms with van der Waals surface area (Å²) >= 11 is 5.17. The molecule has 1 aliphatic heterocycles. The molecule has 0 aromatic heterocycles. The van der Waals surface area contributed by atoms with Crippen molar-refractivity contribution >= 4 is 40.5 Å². The normalized spacial score (nSPS) is 13.7. The largest absolute Gasteiger partial charge is 0.507 e. The van der Waals surface area contributed by atoms with Crippen molar-refractivity contribution in [1.29, 1.82) is 0 Å². The predicted octanol–water partition coefficient (Wildman–Crippen LogP) is 5.39. The third-order valence-corrected chi connectivity index (χ3v) is 6.03. The number of phenols is 1. The summed E-state index contributed by atoms with van der Waals surface area (Å²) in [5.41, 5.74) is 1.12. The summed E-state index contributed by atoms with van der Waals surface area (Å²) in [5, 5.41) is 23.0. The first kappa shape index (κ1) is 27.7. The second-order valence-electron chi connectivity index (χ2n) is 8.53. The number of nitrogens with zero attached hydrogens (tertiary/aromatic N) is 1. The molecule has 37 heavy (non-hydrogen) atoms. The molecule has 0 amide bonds. The summed E-state index contributed by atoms with van der Waals surface area (Å²) in [6, 6.07) is 16.7. The molecule has 1 saturated heterocycles. The number of hydrogen-bond acceptors (Lipinski definition) is 5. The number of nitrogens with one attached hydrogen (secondary N) is 2. The van der Waals surface area contributed by atoms with E-state index in [4.69, 9.17) is 22.4 Å². The quantitative estimate of drug-likeness (QED) is 0.259. The second-order valence-corrected chi connectivity index (χ2v) is 8.93. The smallest absolute Gasteiger partial charge is 0.339 e. The topological polar surface area (TPSA) is 102 Å². The maximum atomic E-state index is 13.7. The van der Waals surface area contributed by atoms with Crippen LogP contribution in [-0.4, -0.2) is 52.1 Å². The van der Waals surface area contributed by atoms with Gasteiger partial charge < -0.3 is 25.7 Å². The number of benzene rings is 3. The minimum absolute atomic E-state index is 0.0305. The van der Waals surface area contributed by atoms with Gasteiger partial charge in [0.25, 0.3) is 0 Å². The van der Waals surface area contributed by atoms with Crippen LogP contribution in [0.25, 0.3) is 0 Å². The summed E-state index contributed by atoms with van der Waals surface area (Å²) in [6.07, 6.45) is 1.71. The molecule has 0 radical (unpaired) electrons. The van der Waals surface area contributed by atoms with Crippen molar-refractivity contribution in [2.75, 3.05) is 30.8 Å². The molecule has 4 N–H and O–H groups in total. The van der Waals surface area contributed by atoms with E-state index in [1.165, 1.54) is 24.3 Å². The van der Waals surface area contributed by atoms with Crippen molar-refractivity contribution in [2.45, 2.75) is 12.8 Å². The number of aromatic carboxylic acids is 1. The molecule has 10 heteroatoms. The Hall–Kier alpha value is -3.89. The minimum Gasteiger partial charge on any atom is -0.507 e. The number of aromatic hydroxyl groups is 1. The van der Waals surface area contributed by atoms with Crippen LogP contribution in [0.15, 0.2) is 66.7 Å². The van der Waals surface area contributed by atoms with E-state index in [0.717, 1.165) is 32.0 Å². The molecule has 0 atom stereocenters. The van der Waals surface area contributed by atoms with E-state index in [1.807, 2.05) is 0 Å². The predicted molar refractivity (Wildman–Crippen MR) is 142 cm³/mol. The Kier molecular flexibility index (Phi) is 9.64. The van der Waals surface area contributed by atoms with Gasteiger partial charge in [0.1, 0.15) is 11.3 Å². The fraction of sp³-hybridized carbons (Fsp3) is 0.222. The lowest BCUT2D eigenvalue weighted by Crippen LogP contribution is -2.33. The van der Waals surface area contributed by atoms with Crippen LogP contribution in [0.3, 0.4) is 0 Å². The molecule has 3 aromatic rings. The summed E-state index contributed by atoms with van der Waals surface area (Å²) in [5.74, 6) is -3.10. The van der Waals surface area contributed by atoms with Gasteiger partial charge in [-0.25, -0.2) is 13.6 Å². The van der Waals surface area contributed by atoms with E-state index in [-0.39, 0.29) is 33.8 Å². The summed E-state index contributed by atoms with van der Waals surface area (Å²) in [7, 11) is 2.06. The van der Waals surface area contributed by atoms with E-state index < -0.39 is 17.6 Å². The van der Waals surface area contributed by atoms with Gasteiger partial charge in [0, 0.05) is 17.2 Å². The van der Waals surface area contributed by atoms with Crippen molar-refractivity contribution in [1.82, 2.24) is 4.90 Å². The Morgan fingerprint density at radius 2 is 1.65 bits per heavy atom. The molecule has 1 aliphatic rings. The molecule has 1 fully saturated rings. The average molecular weight is 528 g/mol. The Balaban J connectivity index is 0.000000319. The van der Waals surface area contributed by atoms with Gasteiger partial charge in [-0.15, -0.1) is 0 Å². The van der Waals surface area contributed by atoms with Gasteiger partial charge in [-0.05, 0) is 81.6 Å². The van der Waals surface area contributed by atoms with Gasteiger partial charge in [0.15, 0.2) is 22.5 Å². The van der Waals surface area contributed by atoms with Crippen molar-refractivity contribution in [2.24, 2.45) is 5.92 Å². The lowest BCUT2D eigenvalue weighted by Gasteiger charge is -2.28. The number of para-hydroxylation sites is 1. The monoisotopic (exact) mass is 527 g/mol. The molecule has 0 aliphatic carbocycles. The molecule has 7 nitrogen and oxygen atoms in total. The minimum atomic E-state index is -1.11. The van der Waals surface area contributed by atoms with Crippen LogP contribution < -0.4 is 10.6 Å². The van der Waals surface area contributed by atoms with Gasteiger partial charge >= 0.3 is 5.97 Å². The highest BCUT2D eigenvalue weighted by Gasteiger charge is 2.24. The Morgan fingerprint density at radius 1 is 0.973 bits per heavy atom. The van der Waals surface area contributed by atoms with Crippen molar-refractivity contribution in [3.63, 3.8) is 0 Å².